The molecular formula is C13H13Cl2F2NO2. The minimum atomic E-state index is -2.65. The molecule has 0 spiro atoms. The van der Waals surface area contributed by atoms with Crippen LogP contribution < -0.4 is 0 Å². The predicted octanol–water partition coefficient (Wildman–Crippen LogP) is 3.09. The van der Waals surface area contributed by atoms with Gasteiger partial charge in [0.15, 0.2) is 0 Å². The minimum absolute atomic E-state index is 0.149. The van der Waals surface area contributed by atoms with Gasteiger partial charge in [-0.1, -0.05) is 23.2 Å². The molecule has 3 nitrogen and oxygen atoms in total. The van der Waals surface area contributed by atoms with Crippen molar-refractivity contribution in [1.29, 1.82) is 0 Å². The Kier molecular flexibility index (Phi) is 6.91. The molecule has 0 saturated heterocycles. The van der Waals surface area contributed by atoms with E-state index >= 15 is 0 Å². The van der Waals surface area contributed by atoms with Gasteiger partial charge >= 0.3 is 0 Å². The molecule has 0 saturated carbocycles. The number of halogens is 4. The molecule has 7 heteroatoms. The van der Waals surface area contributed by atoms with Crippen molar-refractivity contribution in [1.82, 2.24) is 4.90 Å². The van der Waals surface area contributed by atoms with Crippen LogP contribution in [-0.2, 0) is 4.79 Å². The zero-order valence-corrected chi connectivity index (χ0v) is 11.9. The second-order valence-electron chi connectivity index (χ2n) is 3.94. The van der Waals surface area contributed by atoms with Crippen LogP contribution in [0.15, 0.2) is 24.3 Å². The van der Waals surface area contributed by atoms with Crippen LogP contribution in [0, 0.1) is 0 Å². The SMILES string of the molecule is O=C(/C=C/c1cc(Cl)cc(Cl)c1)N(CCO)CC(F)F. The van der Waals surface area contributed by atoms with Gasteiger partial charge in [-0.05, 0) is 29.8 Å². The van der Waals surface area contributed by atoms with E-state index in [-0.39, 0.29) is 13.2 Å². The quantitative estimate of drug-likeness (QED) is 0.817. The topological polar surface area (TPSA) is 40.5 Å². The summed E-state index contributed by atoms with van der Waals surface area (Å²) in [5, 5.41) is 9.57. The van der Waals surface area contributed by atoms with E-state index in [0.29, 0.717) is 15.6 Å². The number of aliphatic hydroxyl groups is 1. The van der Waals surface area contributed by atoms with Crippen LogP contribution in [0.2, 0.25) is 10.0 Å². The lowest BCUT2D eigenvalue weighted by atomic mass is 10.2. The summed E-state index contributed by atoms with van der Waals surface area (Å²) >= 11 is 11.6. The maximum atomic E-state index is 12.3. The molecule has 0 aliphatic rings. The first-order valence-electron chi connectivity index (χ1n) is 5.74. The third-order valence-corrected chi connectivity index (χ3v) is 2.78. The molecule has 0 unspecified atom stereocenters. The Balaban J connectivity index is 2.78. The number of aliphatic hydroxyl groups excluding tert-OH is 1. The van der Waals surface area contributed by atoms with Crippen molar-refractivity contribution in [2.75, 3.05) is 19.7 Å². The number of rotatable bonds is 6. The first kappa shape index (κ1) is 16.9. The smallest absolute Gasteiger partial charge is 0.255 e. The second-order valence-corrected chi connectivity index (χ2v) is 4.81. The van der Waals surface area contributed by atoms with E-state index in [1.54, 1.807) is 12.1 Å². The average molecular weight is 324 g/mol. The molecule has 0 heterocycles. The Hall–Kier alpha value is -1.17. The largest absolute Gasteiger partial charge is 0.395 e. The molecule has 110 valence electrons. The Morgan fingerprint density at radius 1 is 1.30 bits per heavy atom. The molecule has 1 N–H and O–H groups in total. The van der Waals surface area contributed by atoms with Gasteiger partial charge in [-0.2, -0.15) is 0 Å². The van der Waals surface area contributed by atoms with Gasteiger partial charge in [0.2, 0.25) is 5.91 Å². The first-order valence-corrected chi connectivity index (χ1v) is 6.50. The number of nitrogens with zero attached hydrogens (tertiary/aromatic N) is 1. The lowest BCUT2D eigenvalue weighted by Crippen LogP contribution is -2.36. The zero-order chi connectivity index (χ0) is 15.1. The lowest BCUT2D eigenvalue weighted by molar-refractivity contribution is -0.128. The monoisotopic (exact) mass is 323 g/mol. The Bertz CT molecular complexity index is 475. The highest BCUT2D eigenvalue weighted by atomic mass is 35.5. The number of carbonyl (C=O) groups excluding carboxylic acids is 1. The fourth-order valence-electron chi connectivity index (χ4n) is 1.52. The molecule has 0 aliphatic carbocycles. The normalized spacial score (nSPS) is 11.3. The van der Waals surface area contributed by atoms with Crippen molar-refractivity contribution in [2.24, 2.45) is 0 Å². The molecule has 0 bridgehead atoms. The summed E-state index contributed by atoms with van der Waals surface area (Å²) in [6.45, 7) is -1.25. The number of hydrogen-bond donors (Lipinski definition) is 1. The Labute approximate surface area is 125 Å². The highest BCUT2D eigenvalue weighted by Crippen LogP contribution is 2.19. The van der Waals surface area contributed by atoms with Crippen LogP contribution in [-0.4, -0.2) is 42.0 Å². The maximum Gasteiger partial charge on any atom is 0.255 e. The molecule has 0 fully saturated rings. The molecule has 0 aliphatic heterocycles. The molecule has 1 amide bonds. The van der Waals surface area contributed by atoms with Crippen molar-refractivity contribution in [2.45, 2.75) is 6.43 Å². The van der Waals surface area contributed by atoms with E-state index in [4.69, 9.17) is 28.3 Å². The molecule has 1 aromatic rings. The van der Waals surface area contributed by atoms with Gasteiger partial charge in [-0.15, -0.1) is 0 Å². The van der Waals surface area contributed by atoms with Crippen molar-refractivity contribution < 1.29 is 18.7 Å². The number of amides is 1. The van der Waals surface area contributed by atoms with Gasteiger partial charge in [0.05, 0.1) is 13.2 Å². The van der Waals surface area contributed by atoms with E-state index in [1.165, 1.54) is 12.1 Å². The third kappa shape index (κ3) is 5.86. The van der Waals surface area contributed by atoms with Crippen LogP contribution in [0.1, 0.15) is 5.56 Å². The van der Waals surface area contributed by atoms with E-state index in [9.17, 15) is 13.6 Å². The van der Waals surface area contributed by atoms with Crippen molar-refractivity contribution in [3.8, 4) is 0 Å². The lowest BCUT2D eigenvalue weighted by Gasteiger charge is -2.19. The van der Waals surface area contributed by atoms with E-state index in [0.717, 1.165) is 11.0 Å². The van der Waals surface area contributed by atoms with Gasteiger partial charge in [-0.25, -0.2) is 8.78 Å². The molecule has 0 radical (unpaired) electrons. The van der Waals surface area contributed by atoms with Gasteiger partial charge in [0, 0.05) is 22.7 Å². The molecule has 0 atom stereocenters. The zero-order valence-electron chi connectivity index (χ0n) is 10.4. The van der Waals surface area contributed by atoms with Gasteiger partial charge in [-0.3, -0.25) is 4.79 Å². The van der Waals surface area contributed by atoms with Crippen LogP contribution in [0.5, 0.6) is 0 Å². The van der Waals surface area contributed by atoms with Crippen LogP contribution >= 0.6 is 23.2 Å². The van der Waals surface area contributed by atoms with Crippen molar-refractivity contribution in [3.05, 3.63) is 39.9 Å². The number of alkyl halides is 2. The van der Waals surface area contributed by atoms with E-state index < -0.39 is 18.9 Å². The van der Waals surface area contributed by atoms with Crippen molar-refractivity contribution >= 4 is 35.2 Å². The average Bonchev–Trinajstić information content (AvgIpc) is 2.33. The maximum absolute atomic E-state index is 12.3. The fraction of sp³-hybridized carbons (Fsp3) is 0.308. The van der Waals surface area contributed by atoms with E-state index in [2.05, 4.69) is 0 Å². The second kappa shape index (κ2) is 8.19. The van der Waals surface area contributed by atoms with Gasteiger partial charge in [0.1, 0.15) is 0 Å². The highest BCUT2D eigenvalue weighted by Gasteiger charge is 2.15. The Morgan fingerprint density at radius 2 is 1.90 bits per heavy atom. The fourth-order valence-corrected chi connectivity index (χ4v) is 2.07. The summed E-state index contributed by atoms with van der Waals surface area (Å²) < 4.78 is 24.6. The van der Waals surface area contributed by atoms with Crippen LogP contribution in [0.3, 0.4) is 0 Å². The van der Waals surface area contributed by atoms with Gasteiger partial charge < -0.3 is 10.0 Å². The van der Waals surface area contributed by atoms with Crippen molar-refractivity contribution in [3.63, 3.8) is 0 Å². The summed E-state index contributed by atoms with van der Waals surface area (Å²) in [4.78, 5) is 12.6. The van der Waals surface area contributed by atoms with Crippen LogP contribution in [0.4, 0.5) is 8.78 Å². The summed E-state index contributed by atoms with van der Waals surface area (Å²) in [6.07, 6.45) is -0.0878. The Morgan fingerprint density at radius 3 is 2.40 bits per heavy atom. The molecule has 1 aromatic carbocycles. The molecule has 20 heavy (non-hydrogen) atoms. The standard InChI is InChI=1S/C13H13Cl2F2NO2/c14-10-5-9(6-11(15)7-10)1-2-13(20)18(3-4-19)8-12(16)17/h1-2,5-7,12,19H,3-4,8H2/b2-1+. The van der Waals surface area contributed by atoms with Gasteiger partial charge in [0.25, 0.3) is 6.43 Å². The predicted molar refractivity (Wildman–Crippen MR) is 75.2 cm³/mol. The summed E-state index contributed by atoms with van der Waals surface area (Å²) in [5.41, 5.74) is 0.580. The van der Waals surface area contributed by atoms with E-state index in [1.807, 2.05) is 0 Å². The summed E-state index contributed by atoms with van der Waals surface area (Å²) in [6, 6.07) is 4.71. The molecule has 1 rings (SSSR count). The first-order chi connectivity index (χ1) is 9.42. The summed E-state index contributed by atoms with van der Waals surface area (Å²) in [5.74, 6) is -0.615. The minimum Gasteiger partial charge on any atom is -0.395 e. The third-order valence-electron chi connectivity index (χ3n) is 2.34. The number of benzene rings is 1. The summed E-state index contributed by atoms with van der Waals surface area (Å²) in [7, 11) is 0. The number of carbonyl (C=O) groups is 1. The molecule has 0 aromatic heterocycles. The molecular weight excluding hydrogens is 311 g/mol. The number of hydrogen-bond acceptors (Lipinski definition) is 2. The highest BCUT2D eigenvalue weighted by molar-refractivity contribution is 6.34. The van der Waals surface area contributed by atoms with Crippen LogP contribution in [0.25, 0.3) is 6.08 Å².